The van der Waals surface area contributed by atoms with Crippen LogP contribution >= 0.6 is 0 Å². The molecule has 3 rings (SSSR count). The highest BCUT2D eigenvalue weighted by atomic mass is 16.5. The number of aromatic nitrogens is 1. The number of nitrogens with zero attached hydrogens (tertiary/aromatic N) is 2. The van der Waals surface area contributed by atoms with E-state index in [2.05, 4.69) is 15.5 Å². The van der Waals surface area contributed by atoms with E-state index in [0.29, 0.717) is 23.7 Å². The smallest absolute Gasteiger partial charge is 0.337 e. The molecule has 0 saturated carbocycles. The van der Waals surface area contributed by atoms with Crippen molar-refractivity contribution in [1.29, 1.82) is 0 Å². The summed E-state index contributed by atoms with van der Waals surface area (Å²) in [5, 5.41) is 4.20. The van der Waals surface area contributed by atoms with Crippen molar-refractivity contribution in [2.75, 3.05) is 12.5 Å². The molecule has 0 atom stereocenters. The van der Waals surface area contributed by atoms with Crippen LogP contribution in [0.2, 0.25) is 0 Å². The number of esters is 1. The lowest BCUT2D eigenvalue weighted by molar-refractivity contribution is 0.0600. The first kappa shape index (κ1) is 18.1. The van der Waals surface area contributed by atoms with Gasteiger partial charge in [-0.15, -0.1) is 0 Å². The Morgan fingerprint density at radius 1 is 1.07 bits per heavy atom. The number of anilines is 1. The molecule has 6 nitrogen and oxygen atoms in total. The number of para-hydroxylation sites is 1. The van der Waals surface area contributed by atoms with Gasteiger partial charge in [-0.3, -0.25) is 5.43 Å². The average molecular weight is 361 g/mol. The number of carbonyl (C=O) groups excluding carboxylic acids is 1. The topological polar surface area (TPSA) is 72.8 Å². The van der Waals surface area contributed by atoms with Crippen LogP contribution in [0.15, 0.2) is 78.0 Å². The normalized spacial score (nSPS) is 10.6. The molecule has 1 N–H and O–H groups in total. The molecule has 0 aliphatic carbocycles. The average Bonchev–Trinajstić information content (AvgIpc) is 2.73. The Labute approximate surface area is 157 Å². The number of carbonyl (C=O) groups is 1. The number of methoxy groups -OCH3 is 1. The van der Waals surface area contributed by atoms with E-state index in [1.807, 2.05) is 54.6 Å². The fraction of sp³-hybridized carbons (Fsp3) is 0.0952. The Morgan fingerprint density at radius 3 is 2.59 bits per heavy atom. The Hall–Kier alpha value is -3.67. The minimum absolute atomic E-state index is 0.357. The van der Waals surface area contributed by atoms with E-state index in [-0.39, 0.29) is 5.97 Å². The van der Waals surface area contributed by atoms with E-state index in [9.17, 15) is 4.79 Å². The fourth-order valence-electron chi connectivity index (χ4n) is 2.33. The van der Waals surface area contributed by atoms with Crippen molar-refractivity contribution in [3.63, 3.8) is 0 Å². The number of benzene rings is 2. The molecule has 0 unspecified atom stereocenters. The summed E-state index contributed by atoms with van der Waals surface area (Å²) in [4.78, 5) is 15.6. The van der Waals surface area contributed by atoms with Crippen molar-refractivity contribution in [3.05, 3.63) is 89.6 Å². The van der Waals surface area contributed by atoms with Gasteiger partial charge in [-0.2, -0.15) is 5.10 Å². The van der Waals surface area contributed by atoms with Crippen LogP contribution in [0.3, 0.4) is 0 Å². The van der Waals surface area contributed by atoms with Crippen LogP contribution < -0.4 is 10.2 Å². The Kier molecular flexibility index (Phi) is 6.14. The van der Waals surface area contributed by atoms with Gasteiger partial charge in [0.2, 0.25) is 0 Å². The highest BCUT2D eigenvalue weighted by Gasteiger charge is 2.05. The molecule has 27 heavy (non-hydrogen) atoms. The van der Waals surface area contributed by atoms with Gasteiger partial charge in [-0.1, -0.05) is 30.3 Å². The van der Waals surface area contributed by atoms with Crippen molar-refractivity contribution in [3.8, 4) is 5.75 Å². The number of nitrogens with one attached hydrogen (secondary N) is 1. The van der Waals surface area contributed by atoms with Gasteiger partial charge in [0.1, 0.15) is 18.2 Å². The molecule has 1 aromatic heterocycles. The standard InChI is InChI=1S/C21H19N3O3/c1-26-21(25)17-11-9-16(10-12-17)15-27-19-7-3-2-6-18(19)14-23-24-20-8-4-5-13-22-20/h2-14H,15H2,1H3,(H,22,24). The zero-order valence-electron chi connectivity index (χ0n) is 14.8. The van der Waals surface area contributed by atoms with Crippen LogP contribution in [0.5, 0.6) is 5.75 Å². The maximum Gasteiger partial charge on any atom is 0.337 e. The molecular weight excluding hydrogens is 342 g/mol. The molecular formula is C21H19N3O3. The van der Waals surface area contributed by atoms with E-state index in [0.717, 1.165) is 11.1 Å². The monoisotopic (exact) mass is 361 g/mol. The molecule has 1 heterocycles. The first-order valence-electron chi connectivity index (χ1n) is 8.35. The number of hydrogen-bond donors (Lipinski definition) is 1. The van der Waals surface area contributed by atoms with E-state index in [4.69, 9.17) is 9.47 Å². The van der Waals surface area contributed by atoms with Crippen LogP contribution in [0, 0.1) is 0 Å². The minimum atomic E-state index is -0.357. The van der Waals surface area contributed by atoms with E-state index in [1.54, 1.807) is 24.5 Å². The van der Waals surface area contributed by atoms with Gasteiger partial charge < -0.3 is 9.47 Å². The number of rotatable bonds is 7. The van der Waals surface area contributed by atoms with Crippen LogP contribution in [0.4, 0.5) is 5.82 Å². The molecule has 136 valence electrons. The highest BCUT2D eigenvalue weighted by Crippen LogP contribution is 2.18. The summed E-state index contributed by atoms with van der Waals surface area (Å²) < 4.78 is 10.6. The van der Waals surface area contributed by atoms with Crippen LogP contribution in [0.1, 0.15) is 21.5 Å². The van der Waals surface area contributed by atoms with Gasteiger partial charge in [0, 0.05) is 11.8 Å². The maximum absolute atomic E-state index is 11.5. The quantitative estimate of drug-likeness (QED) is 0.393. The third kappa shape index (κ3) is 5.15. The van der Waals surface area contributed by atoms with Crippen LogP contribution in [-0.2, 0) is 11.3 Å². The molecule has 0 saturated heterocycles. The SMILES string of the molecule is COC(=O)c1ccc(COc2ccccc2C=NNc2ccccn2)cc1. The molecule has 6 heteroatoms. The van der Waals surface area contributed by atoms with Gasteiger partial charge >= 0.3 is 5.97 Å². The lowest BCUT2D eigenvalue weighted by atomic mass is 10.1. The predicted octanol–water partition coefficient (Wildman–Crippen LogP) is 3.89. The number of ether oxygens (including phenoxy) is 2. The summed E-state index contributed by atoms with van der Waals surface area (Å²) in [5.41, 5.74) is 5.17. The predicted molar refractivity (Wildman–Crippen MR) is 104 cm³/mol. The molecule has 3 aromatic rings. The van der Waals surface area contributed by atoms with Crippen LogP contribution in [0.25, 0.3) is 0 Å². The van der Waals surface area contributed by atoms with Crippen molar-refractivity contribution in [2.45, 2.75) is 6.61 Å². The van der Waals surface area contributed by atoms with Gasteiger partial charge in [0.15, 0.2) is 0 Å². The Bertz CT molecular complexity index is 909. The first-order valence-corrected chi connectivity index (χ1v) is 8.35. The highest BCUT2D eigenvalue weighted by molar-refractivity contribution is 5.89. The lowest BCUT2D eigenvalue weighted by Crippen LogP contribution is -2.02. The second kappa shape index (κ2) is 9.15. The molecule has 0 aliphatic rings. The molecule has 0 radical (unpaired) electrons. The molecule has 0 aliphatic heterocycles. The Balaban J connectivity index is 1.63. The summed E-state index contributed by atoms with van der Waals surface area (Å²) in [5.74, 6) is 1.02. The van der Waals surface area contributed by atoms with Crippen molar-refractivity contribution in [1.82, 2.24) is 4.98 Å². The van der Waals surface area contributed by atoms with Crippen molar-refractivity contribution < 1.29 is 14.3 Å². The molecule has 0 fully saturated rings. The van der Waals surface area contributed by atoms with Crippen molar-refractivity contribution in [2.24, 2.45) is 5.10 Å². The largest absolute Gasteiger partial charge is 0.488 e. The lowest BCUT2D eigenvalue weighted by Gasteiger charge is -2.09. The van der Waals surface area contributed by atoms with Gasteiger partial charge in [-0.25, -0.2) is 9.78 Å². The zero-order chi connectivity index (χ0) is 18.9. The number of hydrazone groups is 1. The van der Waals surface area contributed by atoms with E-state index in [1.165, 1.54) is 7.11 Å². The summed E-state index contributed by atoms with van der Waals surface area (Å²) in [7, 11) is 1.36. The molecule has 0 amide bonds. The third-order valence-corrected chi connectivity index (χ3v) is 3.74. The van der Waals surface area contributed by atoms with Crippen molar-refractivity contribution >= 4 is 18.0 Å². The van der Waals surface area contributed by atoms with E-state index >= 15 is 0 Å². The number of hydrogen-bond acceptors (Lipinski definition) is 6. The third-order valence-electron chi connectivity index (χ3n) is 3.74. The first-order chi connectivity index (χ1) is 13.3. The molecule has 0 bridgehead atoms. The number of pyridine rings is 1. The molecule has 0 spiro atoms. The van der Waals surface area contributed by atoms with E-state index < -0.39 is 0 Å². The molecule has 2 aromatic carbocycles. The van der Waals surface area contributed by atoms with Gasteiger partial charge in [0.05, 0.1) is 18.9 Å². The van der Waals surface area contributed by atoms with Gasteiger partial charge in [-0.05, 0) is 42.0 Å². The maximum atomic E-state index is 11.5. The zero-order valence-corrected chi connectivity index (χ0v) is 14.8. The van der Waals surface area contributed by atoms with Gasteiger partial charge in [0.25, 0.3) is 0 Å². The summed E-state index contributed by atoms with van der Waals surface area (Å²) >= 11 is 0. The minimum Gasteiger partial charge on any atom is -0.488 e. The second-order valence-electron chi connectivity index (χ2n) is 5.60. The fourth-order valence-corrected chi connectivity index (χ4v) is 2.33. The Morgan fingerprint density at radius 2 is 1.85 bits per heavy atom. The summed E-state index contributed by atoms with van der Waals surface area (Å²) in [6, 6.07) is 20.3. The van der Waals surface area contributed by atoms with Crippen LogP contribution in [-0.4, -0.2) is 24.3 Å². The summed E-state index contributed by atoms with van der Waals surface area (Å²) in [6.45, 7) is 0.375. The summed E-state index contributed by atoms with van der Waals surface area (Å²) in [6.07, 6.45) is 3.38. The second-order valence-corrected chi connectivity index (χ2v) is 5.60.